The number of nitrogens with one attached hydrogen (secondary N) is 1. The molecule has 0 aliphatic rings. The third-order valence-corrected chi connectivity index (χ3v) is 2.71. The molecule has 1 amide bonds. The van der Waals surface area contributed by atoms with Crippen LogP contribution in [-0.4, -0.2) is 38.2 Å². The molecule has 0 heterocycles. The first-order valence-corrected chi connectivity index (χ1v) is 6.48. The van der Waals surface area contributed by atoms with Crippen LogP contribution in [0.3, 0.4) is 0 Å². The Balaban J connectivity index is 2.49. The molecule has 7 heteroatoms. The normalized spacial score (nSPS) is 11.8. The van der Waals surface area contributed by atoms with Crippen LogP contribution in [0.1, 0.15) is 23.7 Å². The van der Waals surface area contributed by atoms with Crippen molar-refractivity contribution in [3.8, 4) is 0 Å². The van der Waals surface area contributed by atoms with Gasteiger partial charge in [-0.1, -0.05) is 0 Å². The second-order valence-electron chi connectivity index (χ2n) is 4.42. The van der Waals surface area contributed by atoms with Gasteiger partial charge in [-0.15, -0.1) is 0 Å². The van der Waals surface area contributed by atoms with Crippen LogP contribution >= 0.6 is 0 Å². The molecular weight excluding hydrogens is 279 g/mol. The number of carbonyl (C=O) groups is 2. The summed E-state index contributed by atoms with van der Waals surface area (Å²) in [5.41, 5.74) is 5.26. The van der Waals surface area contributed by atoms with Crippen molar-refractivity contribution >= 4 is 17.6 Å². The van der Waals surface area contributed by atoms with E-state index in [2.05, 4.69) is 5.32 Å². The molecule has 1 aromatic rings. The summed E-state index contributed by atoms with van der Waals surface area (Å²) in [6.07, 6.45) is -0.313. The van der Waals surface area contributed by atoms with Gasteiger partial charge in [0.2, 0.25) is 0 Å². The van der Waals surface area contributed by atoms with E-state index in [1.54, 1.807) is 7.11 Å². The van der Waals surface area contributed by atoms with Crippen molar-refractivity contribution < 1.29 is 23.5 Å². The Kier molecular flexibility index (Phi) is 6.61. The van der Waals surface area contributed by atoms with E-state index in [1.807, 2.05) is 0 Å². The molecule has 1 unspecified atom stereocenters. The highest BCUT2D eigenvalue weighted by Crippen LogP contribution is 2.13. The molecule has 1 aromatic carbocycles. The SMILES string of the molecule is COCCCNC(=O)C(C)OC(=O)c1ccc(N)c(F)c1. The number of amides is 1. The highest BCUT2D eigenvalue weighted by Gasteiger charge is 2.19. The molecule has 0 saturated heterocycles. The van der Waals surface area contributed by atoms with Crippen molar-refractivity contribution in [2.24, 2.45) is 0 Å². The van der Waals surface area contributed by atoms with Gasteiger partial charge in [0.15, 0.2) is 6.10 Å². The zero-order valence-electron chi connectivity index (χ0n) is 12.0. The molecule has 0 aliphatic carbocycles. The van der Waals surface area contributed by atoms with Gasteiger partial charge < -0.3 is 20.5 Å². The summed E-state index contributed by atoms with van der Waals surface area (Å²) in [6, 6.07) is 3.58. The summed E-state index contributed by atoms with van der Waals surface area (Å²) in [5.74, 6) is -1.91. The van der Waals surface area contributed by atoms with Crippen LogP contribution in [0, 0.1) is 5.82 Å². The van der Waals surface area contributed by atoms with Crippen molar-refractivity contribution in [2.75, 3.05) is 26.0 Å². The number of nitrogen functional groups attached to an aromatic ring is 1. The van der Waals surface area contributed by atoms with Gasteiger partial charge in [-0.25, -0.2) is 9.18 Å². The predicted octanol–water partition coefficient (Wildman–Crippen LogP) is 1.11. The predicted molar refractivity (Wildman–Crippen MR) is 75.2 cm³/mol. The minimum absolute atomic E-state index is 0.000679. The summed E-state index contributed by atoms with van der Waals surface area (Å²) >= 11 is 0. The number of nitrogens with two attached hydrogens (primary N) is 1. The molecular formula is C14H19FN2O4. The van der Waals surface area contributed by atoms with Crippen molar-refractivity contribution in [1.29, 1.82) is 0 Å². The fourth-order valence-corrected chi connectivity index (χ4v) is 1.51. The number of rotatable bonds is 7. The maximum atomic E-state index is 13.3. The fraction of sp³-hybridized carbons (Fsp3) is 0.429. The van der Waals surface area contributed by atoms with E-state index in [4.69, 9.17) is 15.2 Å². The number of hydrogen-bond donors (Lipinski definition) is 2. The van der Waals surface area contributed by atoms with Gasteiger partial charge in [0.05, 0.1) is 11.3 Å². The molecule has 21 heavy (non-hydrogen) atoms. The highest BCUT2D eigenvalue weighted by atomic mass is 19.1. The Morgan fingerprint density at radius 2 is 2.14 bits per heavy atom. The molecule has 0 fully saturated rings. The summed E-state index contributed by atoms with van der Waals surface area (Å²) < 4.78 is 23.1. The van der Waals surface area contributed by atoms with Crippen molar-refractivity contribution in [3.63, 3.8) is 0 Å². The first-order chi connectivity index (χ1) is 9.95. The lowest BCUT2D eigenvalue weighted by atomic mass is 10.2. The second kappa shape index (κ2) is 8.21. The number of benzene rings is 1. The summed E-state index contributed by atoms with van der Waals surface area (Å²) in [5, 5.41) is 2.60. The monoisotopic (exact) mass is 298 g/mol. The largest absolute Gasteiger partial charge is 0.449 e. The van der Waals surface area contributed by atoms with Gasteiger partial charge in [0.1, 0.15) is 5.82 Å². The third-order valence-electron chi connectivity index (χ3n) is 2.71. The number of carbonyl (C=O) groups excluding carboxylic acids is 2. The molecule has 0 aliphatic heterocycles. The Bertz CT molecular complexity index is 508. The highest BCUT2D eigenvalue weighted by molar-refractivity contribution is 5.92. The number of esters is 1. The molecule has 0 spiro atoms. The lowest BCUT2D eigenvalue weighted by Gasteiger charge is -2.13. The Hall–Kier alpha value is -2.15. The third kappa shape index (κ3) is 5.39. The molecule has 1 atom stereocenters. The van der Waals surface area contributed by atoms with Gasteiger partial charge >= 0.3 is 5.97 Å². The van der Waals surface area contributed by atoms with E-state index >= 15 is 0 Å². The van der Waals surface area contributed by atoms with Crippen LogP contribution in [-0.2, 0) is 14.3 Å². The molecule has 6 nitrogen and oxygen atoms in total. The van der Waals surface area contributed by atoms with Crippen molar-refractivity contribution in [3.05, 3.63) is 29.6 Å². The van der Waals surface area contributed by atoms with Crippen LogP contribution in [0.5, 0.6) is 0 Å². The van der Waals surface area contributed by atoms with Gasteiger partial charge in [-0.2, -0.15) is 0 Å². The number of hydrogen-bond acceptors (Lipinski definition) is 5. The number of anilines is 1. The summed E-state index contributed by atoms with van der Waals surface area (Å²) in [4.78, 5) is 23.4. The van der Waals surface area contributed by atoms with Crippen molar-refractivity contribution in [2.45, 2.75) is 19.4 Å². The van der Waals surface area contributed by atoms with E-state index in [1.165, 1.54) is 19.1 Å². The lowest BCUT2D eigenvalue weighted by molar-refractivity contribution is -0.129. The molecule has 0 radical (unpaired) electrons. The molecule has 0 bridgehead atoms. The standard InChI is InChI=1S/C14H19FN2O4/c1-9(13(18)17-6-3-7-20-2)21-14(19)10-4-5-12(16)11(15)8-10/h4-5,8-9H,3,6-7,16H2,1-2H3,(H,17,18). The van der Waals surface area contributed by atoms with E-state index in [0.29, 0.717) is 19.6 Å². The van der Waals surface area contributed by atoms with Crippen LogP contribution in [0.25, 0.3) is 0 Å². The number of halogens is 1. The average molecular weight is 298 g/mol. The van der Waals surface area contributed by atoms with Gasteiger partial charge in [-0.05, 0) is 31.5 Å². The number of ether oxygens (including phenoxy) is 2. The topological polar surface area (TPSA) is 90.6 Å². The van der Waals surface area contributed by atoms with Crippen LogP contribution < -0.4 is 11.1 Å². The zero-order valence-corrected chi connectivity index (χ0v) is 12.0. The molecule has 0 aromatic heterocycles. The Morgan fingerprint density at radius 1 is 1.43 bits per heavy atom. The average Bonchev–Trinajstić information content (AvgIpc) is 2.46. The summed E-state index contributed by atoms with van der Waals surface area (Å²) in [6.45, 7) is 2.39. The maximum Gasteiger partial charge on any atom is 0.339 e. The van der Waals surface area contributed by atoms with E-state index in [0.717, 1.165) is 6.07 Å². The lowest BCUT2D eigenvalue weighted by Crippen LogP contribution is -2.36. The fourth-order valence-electron chi connectivity index (χ4n) is 1.51. The molecule has 1 rings (SSSR count). The maximum absolute atomic E-state index is 13.3. The zero-order chi connectivity index (χ0) is 15.8. The van der Waals surface area contributed by atoms with Crippen LogP contribution in [0.2, 0.25) is 0 Å². The van der Waals surface area contributed by atoms with Crippen LogP contribution in [0.15, 0.2) is 18.2 Å². The number of methoxy groups -OCH3 is 1. The minimum atomic E-state index is -0.972. The second-order valence-corrected chi connectivity index (χ2v) is 4.42. The Labute approximate surface area is 122 Å². The first kappa shape index (κ1) is 16.9. The van der Waals surface area contributed by atoms with E-state index < -0.39 is 23.8 Å². The smallest absolute Gasteiger partial charge is 0.339 e. The minimum Gasteiger partial charge on any atom is -0.449 e. The van der Waals surface area contributed by atoms with Crippen molar-refractivity contribution in [1.82, 2.24) is 5.32 Å². The quantitative estimate of drug-likeness (QED) is 0.447. The van der Waals surface area contributed by atoms with E-state index in [9.17, 15) is 14.0 Å². The van der Waals surface area contributed by atoms with Gasteiger partial charge in [-0.3, -0.25) is 4.79 Å². The molecule has 116 valence electrons. The first-order valence-electron chi connectivity index (χ1n) is 6.48. The molecule has 0 saturated carbocycles. The summed E-state index contributed by atoms with van der Waals surface area (Å²) in [7, 11) is 1.57. The van der Waals surface area contributed by atoms with Gasteiger partial charge in [0.25, 0.3) is 5.91 Å². The van der Waals surface area contributed by atoms with Gasteiger partial charge in [0, 0.05) is 20.3 Å². The molecule has 3 N–H and O–H groups in total. The van der Waals surface area contributed by atoms with E-state index in [-0.39, 0.29) is 11.3 Å². The Morgan fingerprint density at radius 3 is 2.76 bits per heavy atom. The van der Waals surface area contributed by atoms with Crippen LogP contribution in [0.4, 0.5) is 10.1 Å².